The number of carbonyl (C=O) groups excluding carboxylic acids is 4. The highest BCUT2D eigenvalue weighted by atomic mass is 32.2. The Hall–Kier alpha value is -1.02. The summed E-state index contributed by atoms with van der Waals surface area (Å²) in [5, 5.41) is 2.25. The van der Waals surface area contributed by atoms with E-state index >= 15 is 0 Å². The van der Waals surface area contributed by atoms with Crippen LogP contribution in [0, 0.1) is 0 Å². The SMILES string of the molecule is CC[C@H](SC(C)=O)C(=O)NC1CCCC2SC[C@@H](C(C)=O)N2C1=O. The number of fused-ring (bicyclic) bond motifs is 1. The smallest absolute Gasteiger partial charge is 0.246 e. The molecule has 4 atom stereocenters. The Morgan fingerprint density at radius 2 is 2.04 bits per heavy atom. The second-order valence-corrected chi connectivity index (χ2v) is 8.75. The van der Waals surface area contributed by atoms with E-state index in [1.807, 2.05) is 6.92 Å². The number of hydrogen-bond acceptors (Lipinski definition) is 6. The van der Waals surface area contributed by atoms with E-state index in [0.29, 0.717) is 18.6 Å². The molecule has 2 aliphatic heterocycles. The number of nitrogens with zero attached hydrogens (tertiary/aromatic N) is 1. The first-order valence-corrected chi connectivity index (χ1v) is 10.2. The Balaban J connectivity index is 2.09. The van der Waals surface area contributed by atoms with Gasteiger partial charge in [0.05, 0.1) is 10.6 Å². The molecule has 2 fully saturated rings. The number of rotatable bonds is 5. The molecule has 0 bridgehead atoms. The minimum atomic E-state index is -0.607. The first-order valence-electron chi connectivity index (χ1n) is 8.27. The van der Waals surface area contributed by atoms with Crippen LogP contribution in [0.15, 0.2) is 0 Å². The Bertz CT molecular complexity index is 540. The van der Waals surface area contributed by atoms with E-state index < -0.39 is 17.3 Å². The average Bonchev–Trinajstić information content (AvgIpc) is 2.88. The lowest BCUT2D eigenvalue weighted by Gasteiger charge is -2.29. The summed E-state index contributed by atoms with van der Waals surface area (Å²) in [6.07, 6.45) is 2.76. The van der Waals surface area contributed by atoms with Gasteiger partial charge in [0, 0.05) is 12.7 Å². The fourth-order valence-corrected chi connectivity index (χ4v) is 5.40. The molecule has 2 unspecified atom stereocenters. The number of nitrogens with one attached hydrogen (secondary N) is 1. The molecule has 24 heavy (non-hydrogen) atoms. The fraction of sp³-hybridized carbons (Fsp3) is 0.750. The molecule has 0 aromatic rings. The van der Waals surface area contributed by atoms with Crippen LogP contribution >= 0.6 is 23.5 Å². The van der Waals surface area contributed by atoms with Crippen LogP contribution in [-0.4, -0.2) is 56.1 Å². The van der Waals surface area contributed by atoms with Crippen molar-refractivity contribution in [1.82, 2.24) is 10.2 Å². The normalized spacial score (nSPS) is 28.0. The Kier molecular flexibility index (Phi) is 6.74. The number of Topliss-reactive ketones (excluding diaryl/α,β-unsaturated/α-hetero) is 1. The van der Waals surface area contributed by atoms with Crippen LogP contribution in [0.4, 0.5) is 0 Å². The molecule has 0 aliphatic carbocycles. The van der Waals surface area contributed by atoms with Crippen LogP contribution in [0.1, 0.15) is 46.5 Å². The Morgan fingerprint density at radius 1 is 1.33 bits per heavy atom. The van der Waals surface area contributed by atoms with Gasteiger partial charge in [-0.05, 0) is 32.6 Å². The van der Waals surface area contributed by atoms with Crippen LogP contribution in [0.2, 0.25) is 0 Å². The van der Waals surface area contributed by atoms with Crippen molar-refractivity contribution >= 4 is 46.2 Å². The van der Waals surface area contributed by atoms with E-state index in [1.54, 1.807) is 16.7 Å². The third kappa shape index (κ3) is 4.33. The zero-order valence-electron chi connectivity index (χ0n) is 14.2. The molecule has 2 rings (SSSR count). The number of carbonyl (C=O) groups is 4. The number of amides is 2. The zero-order valence-corrected chi connectivity index (χ0v) is 15.9. The fourth-order valence-electron chi connectivity index (χ4n) is 3.12. The number of thioether (sulfide) groups is 2. The molecule has 0 aromatic carbocycles. The van der Waals surface area contributed by atoms with Gasteiger partial charge in [0.25, 0.3) is 0 Å². The quantitative estimate of drug-likeness (QED) is 0.789. The third-order valence-electron chi connectivity index (χ3n) is 4.35. The lowest BCUT2D eigenvalue weighted by molar-refractivity contribution is -0.141. The van der Waals surface area contributed by atoms with Crippen LogP contribution in [0.3, 0.4) is 0 Å². The average molecular weight is 373 g/mol. The largest absolute Gasteiger partial charge is 0.343 e. The molecule has 1 N–H and O–H groups in total. The summed E-state index contributed by atoms with van der Waals surface area (Å²) in [5.41, 5.74) is 0. The molecule has 2 saturated heterocycles. The Morgan fingerprint density at radius 3 is 2.62 bits per heavy atom. The minimum Gasteiger partial charge on any atom is -0.343 e. The zero-order chi connectivity index (χ0) is 17.9. The summed E-state index contributed by atoms with van der Waals surface area (Å²) >= 11 is 2.64. The van der Waals surface area contributed by atoms with Gasteiger partial charge in [-0.1, -0.05) is 18.7 Å². The Labute approximate surface area is 150 Å². The van der Waals surface area contributed by atoms with Crippen molar-refractivity contribution in [3.8, 4) is 0 Å². The van der Waals surface area contributed by atoms with Gasteiger partial charge in [0.15, 0.2) is 10.9 Å². The molecule has 6 nitrogen and oxygen atoms in total. The first kappa shape index (κ1) is 19.3. The lowest BCUT2D eigenvalue weighted by Crippen LogP contribution is -2.53. The van der Waals surface area contributed by atoms with Crippen molar-refractivity contribution in [2.45, 2.75) is 69.2 Å². The topological polar surface area (TPSA) is 83.6 Å². The van der Waals surface area contributed by atoms with Gasteiger partial charge in [-0.25, -0.2) is 0 Å². The van der Waals surface area contributed by atoms with Crippen LogP contribution < -0.4 is 5.32 Å². The number of hydrogen-bond donors (Lipinski definition) is 1. The van der Waals surface area contributed by atoms with Crippen molar-refractivity contribution in [3.63, 3.8) is 0 Å². The van der Waals surface area contributed by atoms with Crippen molar-refractivity contribution in [3.05, 3.63) is 0 Å². The summed E-state index contributed by atoms with van der Waals surface area (Å²) < 4.78 is 0. The van der Waals surface area contributed by atoms with Crippen molar-refractivity contribution < 1.29 is 19.2 Å². The number of ketones is 1. The maximum atomic E-state index is 12.9. The van der Waals surface area contributed by atoms with Crippen molar-refractivity contribution in [2.24, 2.45) is 0 Å². The van der Waals surface area contributed by atoms with E-state index in [-0.39, 0.29) is 28.1 Å². The summed E-state index contributed by atoms with van der Waals surface area (Å²) in [6, 6.07) is -0.997. The second-order valence-electron chi connectivity index (χ2n) is 6.16. The molecular weight excluding hydrogens is 348 g/mol. The summed E-state index contributed by atoms with van der Waals surface area (Å²) in [7, 11) is 0. The molecule has 134 valence electrons. The summed E-state index contributed by atoms with van der Waals surface area (Å²) in [5.74, 6) is 0.174. The molecule has 2 amide bonds. The van der Waals surface area contributed by atoms with Crippen LogP contribution in [0.25, 0.3) is 0 Å². The van der Waals surface area contributed by atoms with Gasteiger partial charge in [0.1, 0.15) is 12.1 Å². The molecule has 2 aliphatic rings. The molecular formula is C16H24N2O4S2. The van der Waals surface area contributed by atoms with Crippen LogP contribution in [0.5, 0.6) is 0 Å². The minimum absolute atomic E-state index is 0.0103. The molecule has 0 spiro atoms. The van der Waals surface area contributed by atoms with E-state index in [1.165, 1.54) is 13.8 Å². The monoisotopic (exact) mass is 372 g/mol. The van der Waals surface area contributed by atoms with Gasteiger partial charge in [-0.15, -0.1) is 11.8 Å². The highest BCUT2D eigenvalue weighted by Crippen LogP contribution is 2.36. The maximum absolute atomic E-state index is 12.9. The van der Waals surface area contributed by atoms with Crippen LogP contribution in [-0.2, 0) is 19.2 Å². The van der Waals surface area contributed by atoms with Crippen molar-refractivity contribution in [2.75, 3.05) is 5.75 Å². The van der Waals surface area contributed by atoms with E-state index in [9.17, 15) is 19.2 Å². The lowest BCUT2D eigenvalue weighted by atomic mass is 10.1. The molecule has 0 radical (unpaired) electrons. The van der Waals surface area contributed by atoms with Gasteiger partial charge in [-0.3, -0.25) is 19.2 Å². The van der Waals surface area contributed by atoms with Gasteiger partial charge in [0.2, 0.25) is 11.8 Å². The standard InChI is InChI=1S/C16H24N2O4S2/c1-4-13(24-10(3)20)15(21)17-11-6-5-7-14-18(16(11)22)12(8-23-14)9(2)19/h11-14H,4-8H2,1-3H3,(H,17,21)/t11?,12-,13-,14?/m0/s1. The first-order chi connectivity index (χ1) is 11.3. The van der Waals surface area contributed by atoms with E-state index in [2.05, 4.69) is 5.32 Å². The predicted octanol–water partition coefficient (Wildman–Crippen LogP) is 1.57. The van der Waals surface area contributed by atoms with Gasteiger partial charge < -0.3 is 10.2 Å². The van der Waals surface area contributed by atoms with E-state index in [0.717, 1.165) is 24.6 Å². The van der Waals surface area contributed by atoms with E-state index in [4.69, 9.17) is 0 Å². The molecule has 0 aromatic heterocycles. The molecule has 8 heteroatoms. The summed E-state index contributed by atoms with van der Waals surface area (Å²) in [4.78, 5) is 50.1. The van der Waals surface area contributed by atoms with Gasteiger partial charge >= 0.3 is 0 Å². The highest BCUT2D eigenvalue weighted by molar-refractivity contribution is 8.14. The predicted molar refractivity (Wildman–Crippen MR) is 95.7 cm³/mol. The highest BCUT2D eigenvalue weighted by Gasteiger charge is 2.44. The summed E-state index contributed by atoms with van der Waals surface area (Å²) in [6.45, 7) is 4.78. The molecule has 2 heterocycles. The maximum Gasteiger partial charge on any atom is 0.246 e. The van der Waals surface area contributed by atoms with Crippen molar-refractivity contribution in [1.29, 1.82) is 0 Å². The van der Waals surface area contributed by atoms with Gasteiger partial charge in [-0.2, -0.15) is 0 Å². The second kappa shape index (κ2) is 8.38. The third-order valence-corrected chi connectivity index (χ3v) is 6.87. The molecule has 0 saturated carbocycles.